The summed E-state index contributed by atoms with van der Waals surface area (Å²) in [4.78, 5) is 11.2. The molecule has 1 amide bonds. The number of hydrogen-bond acceptors (Lipinski definition) is 1. The van der Waals surface area contributed by atoms with E-state index in [1.807, 2.05) is 32.9 Å². The quantitative estimate of drug-likeness (QED) is 0.863. The monoisotopic (exact) mass is 255 g/mol. The van der Waals surface area contributed by atoms with Crippen LogP contribution in [0.5, 0.6) is 0 Å². The van der Waals surface area contributed by atoms with Crippen molar-refractivity contribution >= 4 is 27.5 Å². The van der Waals surface area contributed by atoms with E-state index in [4.69, 9.17) is 0 Å². The van der Waals surface area contributed by atoms with E-state index < -0.39 is 0 Å². The summed E-state index contributed by atoms with van der Waals surface area (Å²) in [6.45, 7) is 5.87. The molecule has 0 bridgehead atoms. The maximum absolute atomic E-state index is 11.2. The minimum absolute atomic E-state index is 0.0473. The zero-order valence-electron chi connectivity index (χ0n) is 8.65. The Balaban J connectivity index is 2.95. The number of carbonyl (C=O) groups excluding carboxylic acids is 1. The molecular weight excluding hydrogens is 242 g/mol. The lowest BCUT2D eigenvalue weighted by Crippen LogP contribution is -2.09. The molecule has 3 heteroatoms. The first-order valence-corrected chi connectivity index (χ1v) is 5.40. The number of nitrogens with one attached hydrogen (secondary N) is 1. The van der Waals surface area contributed by atoms with Crippen LogP contribution in [0.1, 0.15) is 24.5 Å². The highest BCUT2D eigenvalue weighted by Crippen LogP contribution is 2.24. The van der Waals surface area contributed by atoms with Crippen molar-refractivity contribution < 1.29 is 4.79 Å². The molecule has 0 saturated heterocycles. The Kier molecular flexibility index (Phi) is 3.69. The van der Waals surface area contributed by atoms with Crippen LogP contribution < -0.4 is 5.32 Å². The van der Waals surface area contributed by atoms with Crippen molar-refractivity contribution in [1.82, 2.24) is 0 Å². The number of amides is 1. The molecule has 76 valence electrons. The van der Waals surface area contributed by atoms with Gasteiger partial charge in [0.1, 0.15) is 0 Å². The zero-order chi connectivity index (χ0) is 10.7. The van der Waals surface area contributed by atoms with E-state index in [1.54, 1.807) is 0 Å². The van der Waals surface area contributed by atoms with E-state index in [0.29, 0.717) is 6.42 Å². The average molecular weight is 256 g/mol. The Hall–Kier alpha value is -0.830. The molecule has 2 nitrogen and oxygen atoms in total. The second kappa shape index (κ2) is 4.60. The Labute approximate surface area is 92.8 Å². The third-order valence-electron chi connectivity index (χ3n) is 2.04. The molecular formula is C11H14BrNO. The van der Waals surface area contributed by atoms with E-state index in [-0.39, 0.29) is 5.91 Å². The smallest absolute Gasteiger partial charge is 0.224 e. The molecule has 0 aliphatic carbocycles. The molecule has 0 spiro atoms. The van der Waals surface area contributed by atoms with Gasteiger partial charge in [0.25, 0.3) is 0 Å². The minimum atomic E-state index is 0.0473. The number of benzene rings is 1. The van der Waals surface area contributed by atoms with Crippen molar-refractivity contribution in [3.8, 4) is 0 Å². The van der Waals surface area contributed by atoms with Gasteiger partial charge in [-0.25, -0.2) is 0 Å². The zero-order valence-corrected chi connectivity index (χ0v) is 10.2. The van der Waals surface area contributed by atoms with Gasteiger partial charge in [0.2, 0.25) is 5.91 Å². The topological polar surface area (TPSA) is 29.1 Å². The van der Waals surface area contributed by atoms with Crippen molar-refractivity contribution in [1.29, 1.82) is 0 Å². The number of anilines is 1. The van der Waals surface area contributed by atoms with E-state index in [0.717, 1.165) is 21.3 Å². The summed E-state index contributed by atoms with van der Waals surface area (Å²) >= 11 is 3.48. The van der Waals surface area contributed by atoms with Crippen molar-refractivity contribution in [2.24, 2.45) is 0 Å². The van der Waals surface area contributed by atoms with Crippen LogP contribution in [0, 0.1) is 13.8 Å². The largest absolute Gasteiger partial charge is 0.326 e. The van der Waals surface area contributed by atoms with Gasteiger partial charge in [-0.15, -0.1) is 0 Å². The number of rotatable bonds is 2. The second-order valence-corrected chi connectivity index (χ2v) is 4.12. The van der Waals surface area contributed by atoms with Crippen LogP contribution in [-0.4, -0.2) is 5.91 Å². The van der Waals surface area contributed by atoms with E-state index in [1.165, 1.54) is 0 Å². The van der Waals surface area contributed by atoms with Crippen LogP contribution in [0.25, 0.3) is 0 Å². The summed E-state index contributed by atoms with van der Waals surface area (Å²) < 4.78 is 1.10. The van der Waals surface area contributed by atoms with Crippen LogP contribution in [0.2, 0.25) is 0 Å². The lowest BCUT2D eigenvalue weighted by atomic mass is 10.1. The van der Waals surface area contributed by atoms with Gasteiger partial charge in [-0.1, -0.05) is 22.9 Å². The summed E-state index contributed by atoms with van der Waals surface area (Å²) in [6.07, 6.45) is 0.508. The molecule has 1 rings (SSSR count). The van der Waals surface area contributed by atoms with Crippen LogP contribution in [0.4, 0.5) is 5.69 Å². The van der Waals surface area contributed by atoms with Crippen molar-refractivity contribution in [2.45, 2.75) is 27.2 Å². The molecule has 0 aromatic heterocycles. The number of hydrogen-bond donors (Lipinski definition) is 1. The van der Waals surface area contributed by atoms with Crippen molar-refractivity contribution in [3.05, 3.63) is 27.7 Å². The average Bonchev–Trinajstić information content (AvgIpc) is 2.14. The van der Waals surface area contributed by atoms with Crippen LogP contribution in [0.15, 0.2) is 16.6 Å². The first-order valence-electron chi connectivity index (χ1n) is 4.61. The molecule has 0 aliphatic heterocycles. The fourth-order valence-electron chi connectivity index (χ4n) is 1.27. The summed E-state index contributed by atoms with van der Waals surface area (Å²) in [5.41, 5.74) is 3.14. The van der Waals surface area contributed by atoms with Crippen LogP contribution >= 0.6 is 15.9 Å². The maximum atomic E-state index is 11.2. The summed E-state index contributed by atoms with van der Waals surface area (Å²) in [5.74, 6) is 0.0473. The van der Waals surface area contributed by atoms with Gasteiger partial charge in [0.05, 0.1) is 0 Å². The molecule has 14 heavy (non-hydrogen) atoms. The first-order chi connectivity index (χ1) is 6.54. The third kappa shape index (κ3) is 2.58. The first kappa shape index (κ1) is 11.2. The highest BCUT2D eigenvalue weighted by Gasteiger charge is 2.04. The van der Waals surface area contributed by atoms with Crippen LogP contribution in [-0.2, 0) is 4.79 Å². The summed E-state index contributed by atoms with van der Waals surface area (Å²) in [6, 6.07) is 3.93. The minimum Gasteiger partial charge on any atom is -0.326 e. The number of halogens is 1. The molecule has 0 fully saturated rings. The molecule has 0 atom stereocenters. The second-order valence-electron chi connectivity index (χ2n) is 3.33. The van der Waals surface area contributed by atoms with Gasteiger partial charge in [-0.05, 0) is 37.1 Å². The molecule has 0 aliphatic rings. The lowest BCUT2D eigenvalue weighted by Gasteiger charge is -2.08. The fraction of sp³-hybridized carbons (Fsp3) is 0.364. The molecule has 0 radical (unpaired) electrons. The Morgan fingerprint density at radius 2 is 1.86 bits per heavy atom. The molecule has 1 aromatic rings. The summed E-state index contributed by atoms with van der Waals surface area (Å²) in [5, 5.41) is 2.84. The molecule has 0 heterocycles. The number of carbonyl (C=O) groups is 1. The standard InChI is InChI=1S/C11H14BrNO/c1-4-10(14)13-9-5-7(2)11(12)8(3)6-9/h5-6H,4H2,1-3H3,(H,13,14). The highest BCUT2D eigenvalue weighted by atomic mass is 79.9. The van der Waals surface area contributed by atoms with Crippen molar-refractivity contribution in [3.63, 3.8) is 0 Å². The lowest BCUT2D eigenvalue weighted by molar-refractivity contribution is -0.115. The van der Waals surface area contributed by atoms with Gasteiger partial charge in [-0.2, -0.15) is 0 Å². The maximum Gasteiger partial charge on any atom is 0.224 e. The van der Waals surface area contributed by atoms with E-state index in [2.05, 4.69) is 21.2 Å². The van der Waals surface area contributed by atoms with E-state index >= 15 is 0 Å². The predicted molar refractivity (Wildman–Crippen MR) is 62.5 cm³/mol. The summed E-state index contributed by atoms with van der Waals surface area (Å²) in [7, 11) is 0. The van der Waals surface area contributed by atoms with Gasteiger partial charge in [0, 0.05) is 16.6 Å². The Morgan fingerprint density at radius 3 is 2.29 bits per heavy atom. The third-order valence-corrected chi connectivity index (χ3v) is 3.29. The molecule has 0 unspecified atom stereocenters. The fourth-order valence-corrected chi connectivity index (χ4v) is 1.50. The van der Waals surface area contributed by atoms with Gasteiger partial charge in [-0.3, -0.25) is 4.79 Å². The molecule has 1 N–H and O–H groups in total. The predicted octanol–water partition coefficient (Wildman–Crippen LogP) is 3.41. The van der Waals surface area contributed by atoms with Crippen LogP contribution in [0.3, 0.4) is 0 Å². The highest BCUT2D eigenvalue weighted by molar-refractivity contribution is 9.10. The Bertz CT molecular complexity index is 337. The van der Waals surface area contributed by atoms with Gasteiger partial charge >= 0.3 is 0 Å². The molecule has 0 saturated carbocycles. The number of aryl methyl sites for hydroxylation is 2. The molecule has 1 aromatic carbocycles. The van der Waals surface area contributed by atoms with Crippen molar-refractivity contribution in [2.75, 3.05) is 5.32 Å². The normalized spacial score (nSPS) is 10.0. The van der Waals surface area contributed by atoms with E-state index in [9.17, 15) is 4.79 Å². The SMILES string of the molecule is CCC(=O)Nc1cc(C)c(Br)c(C)c1. The van der Waals surface area contributed by atoms with Gasteiger partial charge in [0.15, 0.2) is 0 Å². The Morgan fingerprint density at radius 1 is 1.36 bits per heavy atom. The van der Waals surface area contributed by atoms with Gasteiger partial charge < -0.3 is 5.32 Å².